The second-order valence-corrected chi connectivity index (χ2v) is 6.41. The summed E-state index contributed by atoms with van der Waals surface area (Å²) in [5, 5.41) is 8.82. The number of hydrogen-bond donors (Lipinski definition) is 1. The van der Waals surface area contributed by atoms with Gasteiger partial charge < -0.3 is 10.0 Å². The zero-order valence-corrected chi connectivity index (χ0v) is 13.4. The number of nitrogens with zero attached hydrogens (tertiary/aromatic N) is 1. The van der Waals surface area contributed by atoms with E-state index < -0.39 is 0 Å². The maximum Gasteiger partial charge on any atom is 0.255 e. The lowest BCUT2D eigenvalue weighted by atomic mass is 10.0. The Labute approximate surface area is 130 Å². The molecule has 1 amide bonds. The zero-order valence-electron chi connectivity index (χ0n) is 12.6. The minimum Gasteiger partial charge on any atom is -0.395 e. The highest BCUT2D eigenvalue weighted by atomic mass is 32.2. The number of aliphatic hydroxyl groups is 1. The molecule has 1 fully saturated rings. The third kappa shape index (κ3) is 4.03. The summed E-state index contributed by atoms with van der Waals surface area (Å²) in [6, 6.07) is 6.08. The molecule has 1 unspecified atom stereocenters. The van der Waals surface area contributed by atoms with Crippen molar-refractivity contribution < 1.29 is 9.90 Å². The molecular weight excluding hydrogens is 282 g/mol. The van der Waals surface area contributed by atoms with Crippen LogP contribution in [0.1, 0.15) is 34.3 Å². The summed E-state index contributed by atoms with van der Waals surface area (Å²) in [7, 11) is 1.88. The molecule has 21 heavy (non-hydrogen) atoms. The van der Waals surface area contributed by atoms with E-state index in [0.29, 0.717) is 18.0 Å². The van der Waals surface area contributed by atoms with E-state index in [2.05, 4.69) is 11.8 Å². The van der Waals surface area contributed by atoms with Crippen molar-refractivity contribution in [2.75, 3.05) is 25.2 Å². The summed E-state index contributed by atoms with van der Waals surface area (Å²) in [5.41, 5.74) is 2.47. The molecule has 0 bridgehead atoms. The van der Waals surface area contributed by atoms with Crippen LogP contribution in [0.2, 0.25) is 0 Å². The van der Waals surface area contributed by atoms with Crippen LogP contribution in [0.5, 0.6) is 0 Å². The second-order valence-electron chi connectivity index (χ2n) is 5.26. The minimum absolute atomic E-state index is 0.0412. The van der Waals surface area contributed by atoms with Crippen LogP contribution in [-0.4, -0.2) is 47.1 Å². The molecule has 1 aromatic rings. The highest BCUT2D eigenvalue weighted by Crippen LogP contribution is 2.23. The van der Waals surface area contributed by atoms with Gasteiger partial charge >= 0.3 is 0 Å². The largest absolute Gasteiger partial charge is 0.395 e. The number of carbonyl (C=O) groups is 1. The van der Waals surface area contributed by atoms with Crippen LogP contribution in [0.3, 0.4) is 0 Å². The molecule has 4 heteroatoms. The molecule has 0 radical (unpaired) electrons. The van der Waals surface area contributed by atoms with E-state index in [4.69, 9.17) is 5.11 Å². The predicted molar refractivity (Wildman–Crippen MR) is 87.6 cm³/mol. The van der Waals surface area contributed by atoms with Crippen molar-refractivity contribution in [3.8, 4) is 11.8 Å². The van der Waals surface area contributed by atoms with Crippen molar-refractivity contribution in [3.63, 3.8) is 0 Å². The van der Waals surface area contributed by atoms with Gasteiger partial charge in [-0.3, -0.25) is 4.79 Å². The average molecular weight is 303 g/mol. The number of benzene rings is 1. The Morgan fingerprint density at radius 2 is 2.33 bits per heavy atom. The number of hydrogen-bond acceptors (Lipinski definition) is 3. The smallest absolute Gasteiger partial charge is 0.255 e. The van der Waals surface area contributed by atoms with Crippen LogP contribution in [-0.2, 0) is 0 Å². The van der Waals surface area contributed by atoms with Gasteiger partial charge in [0.2, 0.25) is 0 Å². The second kappa shape index (κ2) is 7.53. The first-order valence-electron chi connectivity index (χ1n) is 7.18. The molecule has 1 aromatic carbocycles. The number of aryl methyl sites for hydroxylation is 1. The third-order valence-electron chi connectivity index (χ3n) is 3.64. The van der Waals surface area contributed by atoms with Crippen LogP contribution >= 0.6 is 11.8 Å². The molecule has 2 rings (SSSR count). The van der Waals surface area contributed by atoms with E-state index >= 15 is 0 Å². The van der Waals surface area contributed by atoms with Crippen molar-refractivity contribution in [2.24, 2.45) is 0 Å². The summed E-state index contributed by atoms with van der Waals surface area (Å²) in [6.07, 6.45) is 1.49. The standard InChI is InChI=1S/C17H21NO2S/c1-13-6-7-14(5-3-4-9-19)16(11-13)17(20)18(2)15-8-10-21-12-15/h6-7,11,15,19H,4,8-10,12H2,1-2H3. The maximum atomic E-state index is 12.7. The molecule has 0 aliphatic carbocycles. The SMILES string of the molecule is Cc1ccc(C#CCCO)c(C(=O)N(C)C2CCSC2)c1. The summed E-state index contributed by atoms with van der Waals surface area (Å²) in [5.74, 6) is 8.08. The third-order valence-corrected chi connectivity index (χ3v) is 4.78. The monoisotopic (exact) mass is 303 g/mol. The Morgan fingerprint density at radius 1 is 1.52 bits per heavy atom. The fraction of sp³-hybridized carbons (Fsp3) is 0.471. The minimum atomic E-state index is 0.0412. The van der Waals surface area contributed by atoms with Gasteiger partial charge in [-0.25, -0.2) is 0 Å². The lowest BCUT2D eigenvalue weighted by Crippen LogP contribution is -2.37. The van der Waals surface area contributed by atoms with Crippen molar-refractivity contribution in [2.45, 2.75) is 25.8 Å². The maximum absolute atomic E-state index is 12.7. The molecular formula is C17H21NO2S. The van der Waals surface area contributed by atoms with E-state index in [1.165, 1.54) is 0 Å². The molecule has 3 nitrogen and oxygen atoms in total. The normalized spacial score (nSPS) is 17.2. The van der Waals surface area contributed by atoms with E-state index in [9.17, 15) is 4.79 Å². The van der Waals surface area contributed by atoms with Gasteiger partial charge in [0.25, 0.3) is 5.91 Å². The van der Waals surface area contributed by atoms with E-state index in [0.717, 1.165) is 29.1 Å². The van der Waals surface area contributed by atoms with Gasteiger partial charge in [-0.15, -0.1) is 0 Å². The van der Waals surface area contributed by atoms with Gasteiger partial charge in [-0.1, -0.05) is 23.5 Å². The van der Waals surface area contributed by atoms with E-state index in [1.807, 2.05) is 48.8 Å². The number of thioether (sulfide) groups is 1. The van der Waals surface area contributed by atoms with E-state index in [1.54, 1.807) is 0 Å². The van der Waals surface area contributed by atoms with Crippen LogP contribution in [0, 0.1) is 18.8 Å². The molecule has 1 atom stereocenters. The molecule has 1 heterocycles. The Kier molecular flexibility index (Phi) is 5.72. The number of aliphatic hydroxyl groups excluding tert-OH is 1. The van der Waals surface area contributed by atoms with Crippen molar-refractivity contribution >= 4 is 17.7 Å². The molecule has 1 N–H and O–H groups in total. The Morgan fingerprint density at radius 3 is 3.00 bits per heavy atom. The summed E-state index contributed by atoms with van der Waals surface area (Å²) < 4.78 is 0. The van der Waals surface area contributed by atoms with E-state index in [-0.39, 0.29) is 12.5 Å². The first-order valence-corrected chi connectivity index (χ1v) is 8.34. The first-order chi connectivity index (χ1) is 10.1. The molecule has 1 aliphatic heterocycles. The molecule has 1 aliphatic rings. The first kappa shape index (κ1) is 15.9. The van der Waals surface area contributed by atoms with Crippen LogP contribution in [0.25, 0.3) is 0 Å². The highest BCUT2D eigenvalue weighted by Gasteiger charge is 2.25. The van der Waals surface area contributed by atoms with Crippen LogP contribution in [0.15, 0.2) is 18.2 Å². The van der Waals surface area contributed by atoms with Gasteiger partial charge in [-0.2, -0.15) is 11.8 Å². The molecule has 0 spiro atoms. The van der Waals surface area contributed by atoms with Gasteiger partial charge in [0.1, 0.15) is 0 Å². The molecule has 0 aromatic heterocycles. The van der Waals surface area contributed by atoms with Gasteiger partial charge in [0.05, 0.1) is 12.2 Å². The fourth-order valence-corrected chi connectivity index (χ4v) is 3.61. The van der Waals surface area contributed by atoms with Crippen molar-refractivity contribution in [1.82, 2.24) is 4.90 Å². The lowest BCUT2D eigenvalue weighted by Gasteiger charge is -2.24. The number of amides is 1. The lowest BCUT2D eigenvalue weighted by molar-refractivity contribution is 0.0747. The Bertz CT molecular complexity index is 568. The Balaban J connectivity index is 2.26. The predicted octanol–water partition coefficient (Wildman–Crippen LogP) is 2.31. The molecule has 0 saturated carbocycles. The average Bonchev–Trinajstić information content (AvgIpc) is 3.01. The summed E-state index contributed by atoms with van der Waals surface area (Å²) >= 11 is 1.90. The quantitative estimate of drug-likeness (QED) is 0.871. The molecule has 112 valence electrons. The van der Waals surface area contributed by atoms with Gasteiger partial charge in [0.15, 0.2) is 0 Å². The van der Waals surface area contributed by atoms with Gasteiger partial charge in [-0.05, 0) is 31.2 Å². The summed E-state index contributed by atoms with van der Waals surface area (Å²) in [6.45, 7) is 2.02. The number of carbonyl (C=O) groups excluding carboxylic acids is 1. The van der Waals surface area contributed by atoms with Crippen molar-refractivity contribution in [1.29, 1.82) is 0 Å². The zero-order chi connectivity index (χ0) is 15.2. The van der Waals surface area contributed by atoms with Crippen LogP contribution < -0.4 is 0 Å². The van der Waals surface area contributed by atoms with Gasteiger partial charge in [0, 0.05) is 30.8 Å². The van der Waals surface area contributed by atoms with Crippen LogP contribution in [0.4, 0.5) is 0 Å². The Hall–Kier alpha value is -1.44. The highest BCUT2D eigenvalue weighted by molar-refractivity contribution is 7.99. The fourth-order valence-electron chi connectivity index (χ4n) is 2.34. The number of rotatable bonds is 3. The van der Waals surface area contributed by atoms with Crippen molar-refractivity contribution in [3.05, 3.63) is 34.9 Å². The molecule has 1 saturated heterocycles. The summed E-state index contributed by atoms with van der Waals surface area (Å²) in [4.78, 5) is 14.6. The topological polar surface area (TPSA) is 40.5 Å².